The first-order chi connectivity index (χ1) is 8.72. The van der Waals surface area contributed by atoms with Gasteiger partial charge in [-0.15, -0.1) is 16.8 Å². The third-order valence-electron chi connectivity index (χ3n) is 2.61. The van der Waals surface area contributed by atoms with Gasteiger partial charge >= 0.3 is 0 Å². The molecule has 0 unspecified atom stereocenters. The zero-order chi connectivity index (χ0) is 13.0. The first kappa shape index (κ1) is 12.7. The van der Waals surface area contributed by atoms with Gasteiger partial charge in [0.1, 0.15) is 0 Å². The minimum absolute atomic E-state index is 0.304. The molecule has 0 spiro atoms. The first-order valence-electron chi connectivity index (χ1n) is 5.73. The van der Waals surface area contributed by atoms with Gasteiger partial charge in [-0.2, -0.15) is 0 Å². The number of hydrogen-bond donors (Lipinski definition) is 1. The van der Waals surface area contributed by atoms with Crippen LogP contribution in [0.25, 0.3) is 0 Å². The molecule has 1 heterocycles. The van der Waals surface area contributed by atoms with Crippen molar-refractivity contribution in [1.82, 2.24) is 14.8 Å². The summed E-state index contributed by atoms with van der Waals surface area (Å²) >= 11 is 1.65. The van der Waals surface area contributed by atoms with Crippen LogP contribution < -0.4 is 5.73 Å². The summed E-state index contributed by atoms with van der Waals surface area (Å²) in [6.07, 6.45) is 1.79. The summed E-state index contributed by atoms with van der Waals surface area (Å²) in [5, 5.41) is 9.13. The minimum atomic E-state index is 0.304. The lowest BCUT2D eigenvalue weighted by atomic mass is 10.2. The molecule has 0 radical (unpaired) electrons. The van der Waals surface area contributed by atoms with E-state index in [0.717, 1.165) is 5.16 Å². The molecule has 1 aromatic carbocycles. The number of benzene rings is 1. The minimum Gasteiger partial charge on any atom is -0.368 e. The molecule has 0 aliphatic rings. The fourth-order valence-electron chi connectivity index (χ4n) is 1.64. The second-order valence-corrected chi connectivity index (χ2v) is 5.22. The van der Waals surface area contributed by atoms with Crippen molar-refractivity contribution in [2.75, 3.05) is 5.73 Å². The molecule has 2 rings (SSSR count). The number of hydrogen-bond acceptors (Lipinski definition) is 4. The summed E-state index contributed by atoms with van der Waals surface area (Å²) in [4.78, 5) is 0. The van der Waals surface area contributed by atoms with Crippen LogP contribution in [0.5, 0.6) is 0 Å². The molecule has 0 amide bonds. The number of nitrogens with two attached hydrogens (primary N) is 1. The SMILES string of the molecule is C=CCn1c(N)nnc1S[C@H](C)c1ccccc1. The molecular formula is C13H16N4S. The van der Waals surface area contributed by atoms with Crippen LogP contribution in [-0.2, 0) is 6.54 Å². The van der Waals surface area contributed by atoms with E-state index in [1.165, 1.54) is 5.56 Å². The molecule has 1 aromatic heterocycles. The van der Waals surface area contributed by atoms with E-state index >= 15 is 0 Å². The lowest BCUT2D eigenvalue weighted by Crippen LogP contribution is -2.03. The lowest BCUT2D eigenvalue weighted by molar-refractivity contribution is 0.731. The molecule has 0 aliphatic carbocycles. The molecule has 4 nitrogen and oxygen atoms in total. The number of nitrogens with zero attached hydrogens (tertiary/aromatic N) is 3. The van der Waals surface area contributed by atoms with E-state index in [4.69, 9.17) is 5.73 Å². The first-order valence-corrected chi connectivity index (χ1v) is 6.61. The second kappa shape index (κ2) is 5.73. The van der Waals surface area contributed by atoms with Crippen LogP contribution in [0.15, 0.2) is 48.1 Å². The topological polar surface area (TPSA) is 56.7 Å². The third kappa shape index (κ3) is 2.73. The molecule has 0 saturated heterocycles. The number of allylic oxidation sites excluding steroid dienone is 1. The number of aromatic nitrogens is 3. The van der Waals surface area contributed by atoms with Gasteiger partial charge in [0, 0.05) is 11.8 Å². The molecule has 2 N–H and O–H groups in total. The predicted molar refractivity (Wildman–Crippen MR) is 75.3 cm³/mol. The molecule has 0 saturated carbocycles. The molecule has 0 aliphatic heterocycles. The average molecular weight is 260 g/mol. The average Bonchev–Trinajstić information content (AvgIpc) is 2.73. The Hall–Kier alpha value is -1.75. The van der Waals surface area contributed by atoms with Crippen LogP contribution in [0.2, 0.25) is 0 Å². The summed E-state index contributed by atoms with van der Waals surface area (Å²) in [5.74, 6) is 0.428. The van der Waals surface area contributed by atoms with Crippen LogP contribution in [0, 0.1) is 0 Å². The maximum atomic E-state index is 5.77. The summed E-state index contributed by atoms with van der Waals surface area (Å²) < 4.78 is 1.86. The van der Waals surface area contributed by atoms with Gasteiger partial charge in [-0.1, -0.05) is 48.2 Å². The largest absolute Gasteiger partial charge is 0.368 e. The maximum absolute atomic E-state index is 5.77. The van der Waals surface area contributed by atoms with E-state index in [0.29, 0.717) is 17.7 Å². The van der Waals surface area contributed by atoms with Crippen molar-refractivity contribution in [3.8, 4) is 0 Å². The van der Waals surface area contributed by atoms with Gasteiger partial charge in [-0.25, -0.2) is 0 Å². The zero-order valence-corrected chi connectivity index (χ0v) is 11.1. The third-order valence-corrected chi connectivity index (χ3v) is 3.75. The van der Waals surface area contributed by atoms with Crippen molar-refractivity contribution in [2.24, 2.45) is 0 Å². The predicted octanol–water partition coefficient (Wildman–Crippen LogP) is 2.90. The summed E-state index contributed by atoms with van der Waals surface area (Å²) in [5.41, 5.74) is 7.03. The zero-order valence-electron chi connectivity index (χ0n) is 10.3. The van der Waals surface area contributed by atoms with E-state index in [2.05, 4.69) is 35.8 Å². The van der Waals surface area contributed by atoms with Crippen LogP contribution in [-0.4, -0.2) is 14.8 Å². The van der Waals surface area contributed by atoms with Crippen LogP contribution >= 0.6 is 11.8 Å². The molecule has 2 aromatic rings. The van der Waals surface area contributed by atoms with Gasteiger partial charge in [0.25, 0.3) is 0 Å². The van der Waals surface area contributed by atoms with Crippen molar-refractivity contribution >= 4 is 17.7 Å². The fraction of sp³-hybridized carbons (Fsp3) is 0.231. The van der Waals surface area contributed by atoms with Crippen LogP contribution in [0.3, 0.4) is 0 Å². The Kier molecular flexibility index (Phi) is 4.04. The summed E-state index contributed by atoms with van der Waals surface area (Å²) in [7, 11) is 0. The Balaban J connectivity index is 2.16. The van der Waals surface area contributed by atoms with Gasteiger partial charge in [-0.3, -0.25) is 4.57 Å². The Labute approximate surface area is 111 Å². The van der Waals surface area contributed by atoms with E-state index in [1.54, 1.807) is 17.8 Å². The number of nitrogen functional groups attached to an aromatic ring is 1. The van der Waals surface area contributed by atoms with Crippen LogP contribution in [0.1, 0.15) is 17.7 Å². The van der Waals surface area contributed by atoms with Crippen molar-refractivity contribution < 1.29 is 0 Å². The molecular weight excluding hydrogens is 244 g/mol. The van der Waals surface area contributed by atoms with Crippen molar-refractivity contribution in [3.05, 3.63) is 48.6 Å². The van der Waals surface area contributed by atoms with Gasteiger partial charge in [0.2, 0.25) is 5.95 Å². The quantitative estimate of drug-likeness (QED) is 0.663. The molecule has 5 heteroatoms. The Morgan fingerprint density at radius 3 is 2.78 bits per heavy atom. The summed E-state index contributed by atoms with van der Waals surface area (Å²) in [6, 6.07) is 10.3. The number of rotatable bonds is 5. The van der Waals surface area contributed by atoms with Gasteiger partial charge in [-0.05, 0) is 12.5 Å². The molecule has 1 atom stereocenters. The highest BCUT2D eigenvalue weighted by Crippen LogP contribution is 2.34. The van der Waals surface area contributed by atoms with Gasteiger partial charge in [0.05, 0.1) is 0 Å². The molecule has 94 valence electrons. The Morgan fingerprint density at radius 1 is 1.39 bits per heavy atom. The molecule has 0 fully saturated rings. The summed E-state index contributed by atoms with van der Waals surface area (Å²) in [6.45, 7) is 6.48. The molecule has 18 heavy (non-hydrogen) atoms. The lowest BCUT2D eigenvalue weighted by Gasteiger charge is -2.11. The molecule has 0 bridgehead atoms. The Morgan fingerprint density at radius 2 is 2.11 bits per heavy atom. The standard InChI is InChI=1S/C13H16N4S/c1-3-9-17-12(14)15-16-13(17)18-10(2)11-7-5-4-6-8-11/h3-8,10H,1,9H2,2H3,(H2,14,15)/t10-/m1/s1. The monoisotopic (exact) mass is 260 g/mol. The number of anilines is 1. The fourth-order valence-corrected chi connectivity index (χ4v) is 2.63. The highest BCUT2D eigenvalue weighted by Gasteiger charge is 2.14. The van der Waals surface area contributed by atoms with Crippen LogP contribution in [0.4, 0.5) is 5.95 Å². The van der Waals surface area contributed by atoms with E-state index in [1.807, 2.05) is 22.8 Å². The van der Waals surface area contributed by atoms with E-state index < -0.39 is 0 Å². The van der Waals surface area contributed by atoms with Crippen molar-refractivity contribution in [1.29, 1.82) is 0 Å². The van der Waals surface area contributed by atoms with E-state index in [-0.39, 0.29) is 0 Å². The highest BCUT2D eigenvalue weighted by atomic mass is 32.2. The highest BCUT2D eigenvalue weighted by molar-refractivity contribution is 7.99. The van der Waals surface area contributed by atoms with Gasteiger partial charge in [0.15, 0.2) is 5.16 Å². The Bertz CT molecular complexity index is 521. The number of thioether (sulfide) groups is 1. The smallest absolute Gasteiger partial charge is 0.222 e. The second-order valence-electron chi connectivity index (χ2n) is 3.91. The van der Waals surface area contributed by atoms with Crippen molar-refractivity contribution in [3.63, 3.8) is 0 Å². The van der Waals surface area contributed by atoms with E-state index in [9.17, 15) is 0 Å². The normalized spacial score (nSPS) is 12.3. The van der Waals surface area contributed by atoms with Gasteiger partial charge < -0.3 is 5.73 Å². The van der Waals surface area contributed by atoms with Crippen molar-refractivity contribution in [2.45, 2.75) is 23.9 Å². The maximum Gasteiger partial charge on any atom is 0.222 e.